The van der Waals surface area contributed by atoms with Gasteiger partial charge < -0.3 is 10.6 Å². The average molecular weight is 199 g/mol. The molecule has 1 atom stereocenters. The van der Waals surface area contributed by atoms with Gasteiger partial charge in [-0.25, -0.2) is 0 Å². The lowest BCUT2D eigenvalue weighted by Crippen LogP contribution is -2.48. The first kappa shape index (κ1) is 12.0. The highest BCUT2D eigenvalue weighted by molar-refractivity contribution is 4.89. The Hall–Kier alpha value is -0.120. The van der Waals surface area contributed by atoms with Crippen LogP contribution in [0.15, 0.2) is 0 Å². The van der Waals surface area contributed by atoms with Crippen LogP contribution in [0.4, 0.5) is 0 Å². The van der Waals surface area contributed by atoms with E-state index in [4.69, 9.17) is 5.73 Å². The normalized spacial score (nSPS) is 24.9. The molecule has 0 radical (unpaired) electrons. The average Bonchev–Trinajstić information content (AvgIpc) is 2.52. The first-order valence-corrected chi connectivity index (χ1v) is 5.55. The van der Waals surface area contributed by atoms with Crippen LogP contribution >= 0.6 is 0 Å². The second kappa shape index (κ2) is 4.60. The highest BCUT2D eigenvalue weighted by Gasteiger charge is 2.32. The second-order valence-corrected chi connectivity index (χ2v) is 5.38. The Kier molecular flexibility index (Phi) is 3.93. The molecule has 2 N–H and O–H groups in total. The lowest BCUT2D eigenvalue weighted by Gasteiger charge is -2.34. The summed E-state index contributed by atoms with van der Waals surface area (Å²) in [6.07, 6.45) is 1.32. The van der Waals surface area contributed by atoms with E-state index in [1.165, 1.54) is 26.1 Å². The molecule has 1 heterocycles. The SMILES string of the molecule is CN(C)CC1CCN(C(C)(C)CN)C1. The summed E-state index contributed by atoms with van der Waals surface area (Å²) >= 11 is 0. The Morgan fingerprint density at radius 1 is 1.43 bits per heavy atom. The molecule has 1 fully saturated rings. The van der Waals surface area contributed by atoms with Crippen molar-refractivity contribution in [1.82, 2.24) is 9.80 Å². The van der Waals surface area contributed by atoms with Crippen LogP contribution in [0, 0.1) is 5.92 Å². The maximum Gasteiger partial charge on any atom is 0.0275 e. The van der Waals surface area contributed by atoms with Crippen LogP contribution < -0.4 is 5.73 Å². The van der Waals surface area contributed by atoms with Gasteiger partial charge in [-0.3, -0.25) is 4.90 Å². The summed E-state index contributed by atoms with van der Waals surface area (Å²) in [5, 5.41) is 0. The zero-order chi connectivity index (χ0) is 10.8. The summed E-state index contributed by atoms with van der Waals surface area (Å²) in [5.74, 6) is 0.829. The van der Waals surface area contributed by atoms with E-state index in [-0.39, 0.29) is 5.54 Å². The quantitative estimate of drug-likeness (QED) is 0.720. The second-order valence-electron chi connectivity index (χ2n) is 5.38. The molecule has 1 aliphatic rings. The molecule has 0 aromatic heterocycles. The lowest BCUT2D eigenvalue weighted by molar-refractivity contribution is 0.153. The number of rotatable bonds is 4. The zero-order valence-electron chi connectivity index (χ0n) is 10.1. The van der Waals surface area contributed by atoms with Crippen LogP contribution in [0.1, 0.15) is 20.3 Å². The topological polar surface area (TPSA) is 32.5 Å². The first-order valence-electron chi connectivity index (χ1n) is 5.55. The van der Waals surface area contributed by atoms with Gasteiger partial charge >= 0.3 is 0 Å². The van der Waals surface area contributed by atoms with E-state index in [1.807, 2.05) is 0 Å². The van der Waals surface area contributed by atoms with E-state index in [0.29, 0.717) is 0 Å². The van der Waals surface area contributed by atoms with Gasteiger partial charge in [-0.05, 0) is 46.8 Å². The van der Waals surface area contributed by atoms with Gasteiger partial charge in [-0.2, -0.15) is 0 Å². The van der Waals surface area contributed by atoms with Crippen molar-refractivity contribution in [3.63, 3.8) is 0 Å². The monoisotopic (exact) mass is 199 g/mol. The maximum absolute atomic E-state index is 5.78. The van der Waals surface area contributed by atoms with Crippen molar-refractivity contribution >= 4 is 0 Å². The van der Waals surface area contributed by atoms with Crippen molar-refractivity contribution in [3.05, 3.63) is 0 Å². The molecule has 1 aliphatic heterocycles. The lowest BCUT2D eigenvalue weighted by atomic mass is 10.0. The van der Waals surface area contributed by atoms with Crippen molar-refractivity contribution in [2.45, 2.75) is 25.8 Å². The zero-order valence-corrected chi connectivity index (χ0v) is 10.1. The molecule has 1 saturated heterocycles. The molecule has 0 saturated carbocycles. The van der Waals surface area contributed by atoms with Gasteiger partial charge in [-0.1, -0.05) is 0 Å². The van der Waals surface area contributed by atoms with Gasteiger partial charge in [0.05, 0.1) is 0 Å². The van der Waals surface area contributed by atoms with Gasteiger partial charge in [0, 0.05) is 25.2 Å². The van der Waals surface area contributed by atoms with Crippen LogP contribution in [-0.4, -0.2) is 55.6 Å². The van der Waals surface area contributed by atoms with Gasteiger partial charge in [0.1, 0.15) is 0 Å². The van der Waals surface area contributed by atoms with Crippen molar-refractivity contribution in [2.24, 2.45) is 11.7 Å². The van der Waals surface area contributed by atoms with E-state index < -0.39 is 0 Å². The van der Waals surface area contributed by atoms with Crippen LogP contribution in [-0.2, 0) is 0 Å². The minimum absolute atomic E-state index is 0.182. The van der Waals surface area contributed by atoms with E-state index in [2.05, 4.69) is 37.7 Å². The van der Waals surface area contributed by atoms with Crippen LogP contribution in [0.3, 0.4) is 0 Å². The van der Waals surface area contributed by atoms with E-state index in [9.17, 15) is 0 Å². The third kappa shape index (κ3) is 2.94. The van der Waals surface area contributed by atoms with E-state index >= 15 is 0 Å². The number of likely N-dealkylation sites (tertiary alicyclic amines) is 1. The van der Waals surface area contributed by atoms with Crippen molar-refractivity contribution in [1.29, 1.82) is 0 Å². The van der Waals surface area contributed by atoms with Crippen molar-refractivity contribution < 1.29 is 0 Å². The standard InChI is InChI=1S/C11H25N3/c1-11(2,9-12)14-6-5-10(8-14)7-13(3)4/h10H,5-9,12H2,1-4H3. The highest BCUT2D eigenvalue weighted by Crippen LogP contribution is 2.24. The molecule has 0 aromatic carbocycles. The Morgan fingerprint density at radius 2 is 2.07 bits per heavy atom. The molecule has 0 aromatic rings. The van der Waals surface area contributed by atoms with E-state index in [1.54, 1.807) is 0 Å². The number of hydrogen-bond acceptors (Lipinski definition) is 3. The maximum atomic E-state index is 5.78. The van der Waals surface area contributed by atoms with Crippen molar-refractivity contribution in [3.8, 4) is 0 Å². The predicted octanol–water partition coefficient (Wildman–Crippen LogP) is 0.607. The summed E-state index contributed by atoms with van der Waals surface area (Å²) < 4.78 is 0. The molecule has 3 nitrogen and oxygen atoms in total. The number of hydrogen-bond donors (Lipinski definition) is 1. The molecule has 3 heteroatoms. The fourth-order valence-electron chi connectivity index (χ4n) is 2.18. The van der Waals surface area contributed by atoms with Crippen LogP contribution in [0.2, 0.25) is 0 Å². The molecule has 0 spiro atoms. The summed E-state index contributed by atoms with van der Waals surface area (Å²) in [6, 6.07) is 0. The molecule has 84 valence electrons. The van der Waals surface area contributed by atoms with E-state index in [0.717, 1.165) is 12.5 Å². The molecule has 1 unspecified atom stereocenters. The minimum Gasteiger partial charge on any atom is -0.329 e. The largest absolute Gasteiger partial charge is 0.329 e. The van der Waals surface area contributed by atoms with Crippen molar-refractivity contribution in [2.75, 3.05) is 40.3 Å². The molecule has 14 heavy (non-hydrogen) atoms. The molecular weight excluding hydrogens is 174 g/mol. The fraction of sp³-hybridized carbons (Fsp3) is 1.00. The molecule has 0 amide bonds. The summed E-state index contributed by atoms with van der Waals surface area (Å²) in [7, 11) is 4.30. The fourth-order valence-corrected chi connectivity index (χ4v) is 2.18. The highest BCUT2D eigenvalue weighted by atomic mass is 15.2. The Bertz CT molecular complexity index is 177. The Morgan fingerprint density at radius 3 is 2.57 bits per heavy atom. The molecule has 0 aliphatic carbocycles. The summed E-state index contributed by atoms with van der Waals surface area (Å²) in [6.45, 7) is 8.86. The molecular formula is C11H25N3. The van der Waals surface area contributed by atoms with Gasteiger partial charge in [0.25, 0.3) is 0 Å². The van der Waals surface area contributed by atoms with Gasteiger partial charge in [-0.15, -0.1) is 0 Å². The minimum atomic E-state index is 0.182. The van der Waals surface area contributed by atoms with Gasteiger partial charge in [0.2, 0.25) is 0 Å². The number of nitrogens with zero attached hydrogens (tertiary/aromatic N) is 2. The third-order valence-electron chi connectivity index (χ3n) is 3.26. The third-order valence-corrected chi connectivity index (χ3v) is 3.26. The van der Waals surface area contributed by atoms with Crippen LogP contribution in [0.5, 0.6) is 0 Å². The summed E-state index contributed by atoms with van der Waals surface area (Å²) in [5.41, 5.74) is 5.96. The molecule has 1 rings (SSSR count). The Balaban J connectivity index is 2.41. The van der Waals surface area contributed by atoms with Gasteiger partial charge in [0.15, 0.2) is 0 Å². The van der Waals surface area contributed by atoms with Crippen LogP contribution in [0.25, 0.3) is 0 Å². The molecule has 0 bridgehead atoms. The Labute approximate surface area is 88.2 Å². The smallest absolute Gasteiger partial charge is 0.0275 e. The summed E-state index contributed by atoms with van der Waals surface area (Å²) in [4.78, 5) is 4.81. The predicted molar refractivity (Wildman–Crippen MR) is 61.4 cm³/mol. The first-order chi connectivity index (χ1) is 6.45. The number of nitrogens with two attached hydrogens (primary N) is 1.